The molecular formula is C33H38N2O2. The molecule has 0 spiro atoms. The average molecular weight is 495 g/mol. The van der Waals surface area contributed by atoms with Gasteiger partial charge in [-0.15, -0.1) is 0 Å². The van der Waals surface area contributed by atoms with Crippen molar-refractivity contribution in [2.24, 2.45) is 0 Å². The van der Waals surface area contributed by atoms with Gasteiger partial charge in [-0.25, -0.2) is 0 Å². The minimum Gasteiger partial charge on any atom is -0.455 e. The van der Waals surface area contributed by atoms with Gasteiger partial charge in [0.25, 0.3) is 0 Å². The zero-order chi connectivity index (χ0) is 26.1. The molecule has 0 heterocycles. The summed E-state index contributed by atoms with van der Waals surface area (Å²) in [7, 11) is 0. The molecule has 0 saturated carbocycles. The fraction of sp³-hybridized carbons (Fsp3) is 0.273. The van der Waals surface area contributed by atoms with E-state index in [1.165, 1.54) is 43.2 Å². The van der Waals surface area contributed by atoms with E-state index in [9.17, 15) is 0 Å². The second-order valence-electron chi connectivity index (χ2n) is 9.82. The van der Waals surface area contributed by atoms with E-state index in [0.29, 0.717) is 22.9 Å². The number of nitrogen functional groups attached to an aromatic ring is 2. The van der Waals surface area contributed by atoms with Crippen molar-refractivity contribution in [3.8, 4) is 23.0 Å². The number of para-hydroxylation sites is 4. The van der Waals surface area contributed by atoms with Crippen LogP contribution < -0.4 is 20.9 Å². The summed E-state index contributed by atoms with van der Waals surface area (Å²) in [5.74, 6) is 2.89. The van der Waals surface area contributed by atoms with Gasteiger partial charge in [0.05, 0.1) is 11.4 Å². The summed E-state index contributed by atoms with van der Waals surface area (Å²) in [5.41, 5.74) is 15.8. The Bertz CT molecular complexity index is 1180. The maximum absolute atomic E-state index is 6.06. The number of rotatable bonds is 12. The molecule has 4 nitrogen and oxygen atoms in total. The summed E-state index contributed by atoms with van der Waals surface area (Å²) in [6.45, 7) is 4.59. The molecule has 37 heavy (non-hydrogen) atoms. The zero-order valence-electron chi connectivity index (χ0n) is 22.0. The van der Waals surface area contributed by atoms with Gasteiger partial charge in [-0.1, -0.05) is 94.5 Å². The molecule has 0 radical (unpaired) electrons. The standard InChI is InChI=1S/C33H38N2O2/c1-3-4-5-6-11-24-33(2,25-16-20-27(21-17-25)36-31-14-9-7-12-29(31)34)26-18-22-28(23-19-26)37-32-15-10-8-13-30(32)35/h7-10,12-23H,3-6,11,24,34-35H2,1-2H3. The van der Waals surface area contributed by atoms with Gasteiger partial charge in [-0.3, -0.25) is 0 Å². The second kappa shape index (κ2) is 12.4. The number of ether oxygens (including phenoxy) is 2. The lowest BCUT2D eigenvalue weighted by Gasteiger charge is -2.31. The van der Waals surface area contributed by atoms with Crippen molar-refractivity contribution in [1.82, 2.24) is 0 Å². The molecule has 0 aliphatic rings. The summed E-state index contributed by atoms with van der Waals surface area (Å²) in [4.78, 5) is 0. The Morgan fingerprint density at radius 1 is 0.568 bits per heavy atom. The third-order valence-electron chi connectivity index (χ3n) is 7.06. The molecule has 4 aromatic carbocycles. The van der Waals surface area contributed by atoms with Crippen molar-refractivity contribution in [2.75, 3.05) is 11.5 Å². The SMILES string of the molecule is CCCCCCCC(C)(c1ccc(Oc2ccccc2N)cc1)c1ccc(Oc2ccccc2N)cc1. The highest BCUT2D eigenvalue weighted by molar-refractivity contribution is 5.55. The molecule has 0 amide bonds. The average Bonchev–Trinajstić information content (AvgIpc) is 2.92. The van der Waals surface area contributed by atoms with Gasteiger partial charge < -0.3 is 20.9 Å². The molecule has 0 aromatic heterocycles. The Kier molecular flexibility index (Phi) is 8.73. The van der Waals surface area contributed by atoms with Crippen LogP contribution in [0.2, 0.25) is 0 Å². The Morgan fingerprint density at radius 2 is 1.00 bits per heavy atom. The first-order chi connectivity index (χ1) is 18.0. The maximum atomic E-state index is 6.06. The molecule has 4 rings (SSSR count). The summed E-state index contributed by atoms with van der Waals surface area (Å²) in [6.07, 6.45) is 7.30. The molecule has 0 fully saturated rings. The van der Waals surface area contributed by atoms with Crippen LogP contribution in [-0.2, 0) is 5.41 Å². The van der Waals surface area contributed by atoms with Gasteiger partial charge in [-0.2, -0.15) is 0 Å². The van der Waals surface area contributed by atoms with Crippen molar-refractivity contribution < 1.29 is 9.47 Å². The first-order valence-electron chi connectivity index (χ1n) is 13.3. The van der Waals surface area contributed by atoms with Crippen LogP contribution in [0.5, 0.6) is 23.0 Å². The first-order valence-corrected chi connectivity index (χ1v) is 13.3. The largest absolute Gasteiger partial charge is 0.455 e. The van der Waals surface area contributed by atoms with E-state index in [1.54, 1.807) is 0 Å². The lowest BCUT2D eigenvalue weighted by Crippen LogP contribution is -2.23. The van der Waals surface area contributed by atoms with Gasteiger partial charge in [0, 0.05) is 5.41 Å². The molecule has 4 heteroatoms. The van der Waals surface area contributed by atoms with Crippen molar-refractivity contribution in [3.05, 3.63) is 108 Å². The van der Waals surface area contributed by atoms with E-state index in [4.69, 9.17) is 20.9 Å². The Balaban J connectivity index is 1.56. The van der Waals surface area contributed by atoms with E-state index in [1.807, 2.05) is 72.8 Å². The molecule has 0 aliphatic carbocycles. The quantitative estimate of drug-likeness (QED) is 0.152. The van der Waals surface area contributed by atoms with Gasteiger partial charge in [0.15, 0.2) is 0 Å². The van der Waals surface area contributed by atoms with Gasteiger partial charge >= 0.3 is 0 Å². The van der Waals surface area contributed by atoms with Crippen LogP contribution in [0.4, 0.5) is 11.4 Å². The molecule has 0 saturated heterocycles. The van der Waals surface area contributed by atoms with Crippen LogP contribution in [0.1, 0.15) is 63.5 Å². The zero-order valence-corrected chi connectivity index (χ0v) is 22.0. The minimum atomic E-state index is -0.138. The van der Waals surface area contributed by atoms with Crippen molar-refractivity contribution >= 4 is 11.4 Å². The maximum Gasteiger partial charge on any atom is 0.150 e. The lowest BCUT2D eigenvalue weighted by molar-refractivity contribution is 0.465. The molecule has 0 unspecified atom stereocenters. The molecule has 0 aliphatic heterocycles. The summed E-state index contributed by atoms with van der Waals surface area (Å²) >= 11 is 0. The number of hydrogen-bond donors (Lipinski definition) is 2. The van der Waals surface area contributed by atoms with Crippen LogP contribution in [0, 0.1) is 0 Å². The lowest BCUT2D eigenvalue weighted by atomic mass is 9.72. The fourth-order valence-corrected chi connectivity index (χ4v) is 4.72. The Labute approximate surface area is 221 Å². The van der Waals surface area contributed by atoms with E-state index < -0.39 is 0 Å². The summed E-state index contributed by atoms with van der Waals surface area (Å²) in [5, 5.41) is 0. The van der Waals surface area contributed by atoms with Crippen molar-refractivity contribution in [3.63, 3.8) is 0 Å². The van der Waals surface area contributed by atoms with Gasteiger partial charge in [0.2, 0.25) is 0 Å². The minimum absolute atomic E-state index is 0.138. The molecule has 4 aromatic rings. The molecule has 192 valence electrons. The van der Waals surface area contributed by atoms with Crippen LogP contribution in [0.25, 0.3) is 0 Å². The van der Waals surface area contributed by atoms with Crippen molar-refractivity contribution in [2.45, 2.75) is 57.8 Å². The summed E-state index contributed by atoms with van der Waals surface area (Å²) in [6, 6.07) is 32.0. The summed E-state index contributed by atoms with van der Waals surface area (Å²) < 4.78 is 12.1. The Morgan fingerprint density at radius 3 is 1.43 bits per heavy atom. The molecule has 0 atom stereocenters. The highest BCUT2D eigenvalue weighted by Gasteiger charge is 2.28. The normalized spacial score (nSPS) is 11.3. The first kappa shape index (κ1) is 26.2. The molecule has 4 N–H and O–H groups in total. The van der Waals surface area contributed by atoms with Crippen LogP contribution in [0.3, 0.4) is 0 Å². The number of benzene rings is 4. The highest BCUT2D eigenvalue weighted by atomic mass is 16.5. The third-order valence-corrected chi connectivity index (χ3v) is 7.06. The van der Waals surface area contributed by atoms with E-state index in [0.717, 1.165) is 17.9 Å². The predicted molar refractivity (Wildman–Crippen MR) is 155 cm³/mol. The Hall–Kier alpha value is -3.92. The highest BCUT2D eigenvalue weighted by Crippen LogP contribution is 2.39. The molecular weight excluding hydrogens is 456 g/mol. The number of anilines is 2. The van der Waals surface area contributed by atoms with Gasteiger partial charge in [-0.05, 0) is 66.1 Å². The van der Waals surface area contributed by atoms with Crippen LogP contribution in [-0.4, -0.2) is 0 Å². The van der Waals surface area contributed by atoms with Gasteiger partial charge in [0.1, 0.15) is 23.0 Å². The smallest absolute Gasteiger partial charge is 0.150 e. The van der Waals surface area contributed by atoms with E-state index in [2.05, 4.69) is 38.1 Å². The van der Waals surface area contributed by atoms with Crippen LogP contribution >= 0.6 is 0 Å². The third kappa shape index (κ3) is 6.65. The fourth-order valence-electron chi connectivity index (χ4n) is 4.72. The number of unbranched alkanes of at least 4 members (excludes halogenated alkanes) is 4. The van der Waals surface area contributed by atoms with E-state index >= 15 is 0 Å². The monoisotopic (exact) mass is 494 g/mol. The van der Waals surface area contributed by atoms with E-state index in [-0.39, 0.29) is 5.41 Å². The number of hydrogen-bond acceptors (Lipinski definition) is 4. The number of nitrogens with two attached hydrogens (primary N) is 2. The predicted octanol–water partition coefficient (Wildman–Crippen LogP) is 9.10. The van der Waals surface area contributed by atoms with Crippen molar-refractivity contribution in [1.29, 1.82) is 0 Å². The molecule has 0 bridgehead atoms. The van der Waals surface area contributed by atoms with Crippen LogP contribution in [0.15, 0.2) is 97.1 Å². The topological polar surface area (TPSA) is 70.5 Å². The second-order valence-corrected chi connectivity index (χ2v) is 9.82.